The summed E-state index contributed by atoms with van der Waals surface area (Å²) >= 11 is 0. The highest BCUT2D eigenvalue weighted by Crippen LogP contribution is 2.24. The summed E-state index contributed by atoms with van der Waals surface area (Å²) in [5.41, 5.74) is 1.66. The summed E-state index contributed by atoms with van der Waals surface area (Å²) in [7, 11) is 0. The number of ether oxygens (including phenoxy) is 1. The second kappa shape index (κ2) is 4.76. The zero-order valence-electron chi connectivity index (χ0n) is 11.7. The maximum atomic E-state index is 12.6. The monoisotopic (exact) mass is 251 g/mol. The lowest BCUT2D eigenvalue weighted by atomic mass is 10.1. The molecule has 1 aliphatic rings. The largest absolute Gasteiger partial charge is 0.466 e. The van der Waals surface area contributed by atoms with Gasteiger partial charge in [-0.3, -0.25) is 4.79 Å². The van der Waals surface area contributed by atoms with Crippen molar-refractivity contribution in [3.05, 3.63) is 22.6 Å². The standard InChI is InChI=1S/C14H21NO3/c1-8-6-15(7-9(2)17-8)14(16)13-10(3)11(4)18-12(13)5/h8-9H,6-7H2,1-5H3/t8-,9-/m1/s1. The van der Waals surface area contributed by atoms with Crippen LogP contribution >= 0.6 is 0 Å². The fourth-order valence-corrected chi connectivity index (χ4v) is 2.61. The van der Waals surface area contributed by atoms with Crippen LogP contribution in [0.4, 0.5) is 0 Å². The van der Waals surface area contributed by atoms with Gasteiger partial charge in [0.15, 0.2) is 0 Å². The summed E-state index contributed by atoms with van der Waals surface area (Å²) in [6, 6.07) is 0. The molecular weight excluding hydrogens is 230 g/mol. The molecule has 0 saturated carbocycles. The van der Waals surface area contributed by atoms with E-state index in [1.54, 1.807) is 0 Å². The van der Waals surface area contributed by atoms with Gasteiger partial charge in [-0.1, -0.05) is 0 Å². The van der Waals surface area contributed by atoms with Gasteiger partial charge in [0.05, 0.1) is 17.8 Å². The van der Waals surface area contributed by atoms with Gasteiger partial charge in [0.25, 0.3) is 5.91 Å². The van der Waals surface area contributed by atoms with E-state index in [1.807, 2.05) is 39.5 Å². The van der Waals surface area contributed by atoms with E-state index < -0.39 is 0 Å². The van der Waals surface area contributed by atoms with Gasteiger partial charge in [-0.2, -0.15) is 0 Å². The van der Waals surface area contributed by atoms with Crippen molar-refractivity contribution in [2.24, 2.45) is 0 Å². The lowest BCUT2D eigenvalue weighted by molar-refractivity contribution is -0.0586. The molecule has 0 aliphatic carbocycles. The Morgan fingerprint density at radius 3 is 2.11 bits per heavy atom. The molecule has 0 bridgehead atoms. The molecule has 2 heterocycles. The zero-order chi connectivity index (χ0) is 13.4. The molecule has 1 aromatic rings. The fraction of sp³-hybridized carbons (Fsp3) is 0.643. The Hall–Kier alpha value is -1.29. The maximum absolute atomic E-state index is 12.6. The molecule has 4 nitrogen and oxygen atoms in total. The Kier molecular flexibility index (Phi) is 3.48. The number of nitrogens with zero attached hydrogens (tertiary/aromatic N) is 1. The van der Waals surface area contributed by atoms with Crippen molar-refractivity contribution in [2.45, 2.75) is 46.8 Å². The number of amides is 1. The van der Waals surface area contributed by atoms with Crippen LogP contribution in [0.1, 0.15) is 41.3 Å². The van der Waals surface area contributed by atoms with Gasteiger partial charge < -0.3 is 14.1 Å². The molecule has 1 amide bonds. The number of hydrogen-bond donors (Lipinski definition) is 0. The van der Waals surface area contributed by atoms with E-state index in [-0.39, 0.29) is 18.1 Å². The Labute approximate surface area is 108 Å². The van der Waals surface area contributed by atoms with Crippen molar-refractivity contribution in [3.63, 3.8) is 0 Å². The highest BCUT2D eigenvalue weighted by Gasteiger charge is 2.29. The maximum Gasteiger partial charge on any atom is 0.257 e. The molecule has 18 heavy (non-hydrogen) atoms. The van der Waals surface area contributed by atoms with E-state index in [4.69, 9.17) is 9.15 Å². The minimum Gasteiger partial charge on any atom is -0.466 e. The van der Waals surface area contributed by atoms with Crippen LogP contribution in [-0.4, -0.2) is 36.1 Å². The van der Waals surface area contributed by atoms with E-state index >= 15 is 0 Å². The van der Waals surface area contributed by atoms with Gasteiger partial charge in [0, 0.05) is 18.7 Å². The summed E-state index contributed by atoms with van der Waals surface area (Å²) in [6.07, 6.45) is 0.178. The summed E-state index contributed by atoms with van der Waals surface area (Å²) < 4.78 is 11.2. The molecular formula is C14H21NO3. The molecule has 1 saturated heterocycles. The molecule has 0 spiro atoms. The highest BCUT2D eigenvalue weighted by molar-refractivity contribution is 5.97. The smallest absolute Gasteiger partial charge is 0.257 e. The van der Waals surface area contributed by atoms with Crippen LogP contribution in [0.2, 0.25) is 0 Å². The topological polar surface area (TPSA) is 42.7 Å². The Morgan fingerprint density at radius 1 is 1.11 bits per heavy atom. The van der Waals surface area contributed by atoms with Crippen LogP contribution in [0.5, 0.6) is 0 Å². The van der Waals surface area contributed by atoms with Gasteiger partial charge in [-0.15, -0.1) is 0 Å². The van der Waals surface area contributed by atoms with Gasteiger partial charge >= 0.3 is 0 Å². The van der Waals surface area contributed by atoms with Crippen LogP contribution in [0, 0.1) is 20.8 Å². The Morgan fingerprint density at radius 2 is 1.67 bits per heavy atom. The predicted molar refractivity (Wildman–Crippen MR) is 68.8 cm³/mol. The first-order valence-electron chi connectivity index (χ1n) is 6.41. The molecule has 2 rings (SSSR count). The van der Waals surface area contributed by atoms with E-state index in [1.165, 1.54) is 0 Å². The van der Waals surface area contributed by atoms with E-state index in [9.17, 15) is 4.79 Å². The number of morpholine rings is 1. The normalized spacial score (nSPS) is 24.4. The van der Waals surface area contributed by atoms with E-state index in [0.717, 1.165) is 11.3 Å². The summed E-state index contributed by atoms with van der Waals surface area (Å²) in [5, 5.41) is 0. The number of carbonyl (C=O) groups excluding carboxylic acids is 1. The molecule has 1 fully saturated rings. The molecule has 1 aliphatic heterocycles. The number of furan rings is 1. The second-order valence-electron chi connectivity index (χ2n) is 5.18. The fourth-order valence-electron chi connectivity index (χ4n) is 2.61. The zero-order valence-corrected chi connectivity index (χ0v) is 11.7. The minimum atomic E-state index is 0.0591. The van der Waals surface area contributed by atoms with Crippen molar-refractivity contribution in [1.29, 1.82) is 0 Å². The molecule has 100 valence electrons. The van der Waals surface area contributed by atoms with Crippen LogP contribution < -0.4 is 0 Å². The third-order valence-corrected chi connectivity index (χ3v) is 3.48. The number of hydrogen-bond acceptors (Lipinski definition) is 3. The first-order valence-corrected chi connectivity index (χ1v) is 6.41. The first kappa shape index (κ1) is 13.1. The SMILES string of the molecule is Cc1oc(C)c(C(=O)N2C[C@@H](C)O[C@H](C)C2)c1C. The highest BCUT2D eigenvalue weighted by atomic mass is 16.5. The quantitative estimate of drug-likeness (QED) is 0.770. The minimum absolute atomic E-state index is 0.0591. The Bertz CT molecular complexity index is 454. The van der Waals surface area contributed by atoms with E-state index in [0.29, 0.717) is 24.4 Å². The molecule has 0 N–H and O–H groups in total. The van der Waals surface area contributed by atoms with Crippen LogP contribution in [-0.2, 0) is 4.74 Å². The van der Waals surface area contributed by atoms with Crippen molar-refractivity contribution < 1.29 is 13.9 Å². The number of aryl methyl sites for hydroxylation is 2. The van der Waals surface area contributed by atoms with Crippen LogP contribution in [0.3, 0.4) is 0 Å². The molecule has 0 unspecified atom stereocenters. The third-order valence-electron chi connectivity index (χ3n) is 3.48. The predicted octanol–water partition coefficient (Wildman–Crippen LogP) is 2.45. The molecule has 2 atom stereocenters. The molecule has 0 aromatic carbocycles. The summed E-state index contributed by atoms with van der Waals surface area (Å²) in [5.74, 6) is 1.59. The third kappa shape index (κ3) is 2.29. The second-order valence-corrected chi connectivity index (χ2v) is 5.18. The van der Waals surface area contributed by atoms with E-state index in [2.05, 4.69) is 0 Å². The van der Waals surface area contributed by atoms with Crippen molar-refractivity contribution in [2.75, 3.05) is 13.1 Å². The van der Waals surface area contributed by atoms with Gasteiger partial charge in [0.2, 0.25) is 0 Å². The van der Waals surface area contributed by atoms with Gasteiger partial charge in [-0.25, -0.2) is 0 Å². The molecule has 0 radical (unpaired) electrons. The lowest BCUT2D eigenvalue weighted by Crippen LogP contribution is -2.48. The number of carbonyl (C=O) groups is 1. The van der Waals surface area contributed by atoms with Crippen molar-refractivity contribution >= 4 is 5.91 Å². The average Bonchev–Trinajstić information content (AvgIpc) is 2.51. The van der Waals surface area contributed by atoms with Crippen molar-refractivity contribution in [3.8, 4) is 0 Å². The summed E-state index contributed by atoms with van der Waals surface area (Å²) in [4.78, 5) is 14.4. The van der Waals surface area contributed by atoms with Gasteiger partial charge in [0.1, 0.15) is 11.5 Å². The van der Waals surface area contributed by atoms with Gasteiger partial charge in [-0.05, 0) is 34.6 Å². The lowest BCUT2D eigenvalue weighted by Gasteiger charge is -2.35. The molecule has 1 aromatic heterocycles. The average molecular weight is 251 g/mol. The summed E-state index contributed by atoms with van der Waals surface area (Å²) in [6.45, 7) is 11.0. The van der Waals surface area contributed by atoms with Crippen LogP contribution in [0.25, 0.3) is 0 Å². The van der Waals surface area contributed by atoms with Crippen molar-refractivity contribution in [1.82, 2.24) is 4.90 Å². The first-order chi connectivity index (χ1) is 8.40. The molecule has 4 heteroatoms. The Balaban J connectivity index is 2.25. The van der Waals surface area contributed by atoms with Crippen LogP contribution in [0.15, 0.2) is 4.42 Å². The number of rotatable bonds is 1.